The number of carbonyl (C=O) groups is 1. The fourth-order valence-electron chi connectivity index (χ4n) is 1.48. The van der Waals surface area contributed by atoms with Crippen molar-refractivity contribution in [2.45, 2.75) is 31.8 Å². The summed E-state index contributed by atoms with van der Waals surface area (Å²) in [5.41, 5.74) is -0.0393. The van der Waals surface area contributed by atoms with E-state index >= 15 is 0 Å². The largest absolute Gasteiger partial charge is 0.478 e. The lowest BCUT2D eigenvalue weighted by atomic mass is 10.1. The summed E-state index contributed by atoms with van der Waals surface area (Å²) in [4.78, 5) is 10.9. The number of hydrogen-bond acceptors (Lipinski definition) is 4. The van der Waals surface area contributed by atoms with Crippen LogP contribution in [0, 0.1) is 5.92 Å². The molecule has 0 spiro atoms. The van der Waals surface area contributed by atoms with Crippen molar-refractivity contribution in [1.82, 2.24) is 0 Å². The highest BCUT2D eigenvalue weighted by molar-refractivity contribution is 7.91. The Balaban J connectivity index is 2.74. The Hall–Kier alpha value is -1.40. The Morgan fingerprint density at radius 1 is 1.30 bits per heavy atom. The van der Waals surface area contributed by atoms with E-state index in [1.165, 1.54) is 24.3 Å². The van der Waals surface area contributed by atoms with Crippen molar-refractivity contribution in [1.29, 1.82) is 0 Å². The third-order valence-corrected chi connectivity index (χ3v) is 4.79. The van der Waals surface area contributed by atoms with E-state index in [4.69, 9.17) is 9.84 Å². The van der Waals surface area contributed by atoms with E-state index in [2.05, 4.69) is 0 Å². The van der Waals surface area contributed by atoms with Crippen molar-refractivity contribution in [3.63, 3.8) is 0 Å². The molecule has 5 nitrogen and oxygen atoms in total. The summed E-state index contributed by atoms with van der Waals surface area (Å²) >= 11 is 0. The van der Waals surface area contributed by atoms with Crippen LogP contribution in [0.15, 0.2) is 29.2 Å². The van der Waals surface area contributed by atoms with Crippen LogP contribution >= 0.6 is 0 Å². The zero-order chi connectivity index (χ0) is 15.3. The van der Waals surface area contributed by atoms with Crippen LogP contribution in [0.4, 0.5) is 0 Å². The average Bonchev–Trinajstić information content (AvgIpc) is 2.38. The maximum atomic E-state index is 12.1. The molecule has 0 fully saturated rings. The number of carboxylic acids is 1. The molecule has 0 saturated carbocycles. The number of sulfone groups is 1. The van der Waals surface area contributed by atoms with Crippen LogP contribution < -0.4 is 0 Å². The Bertz CT molecular complexity index is 563. The molecule has 1 N–H and O–H groups in total. The SMILES string of the molecule is CC(C)C(C)OCCS(=O)(=O)c1cccc(C(=O)O)c1. The number of carboxylic acid groups (broad SMARTS) is 1. The van der Waals surface area contributed by atoms with Crippen LogP contribution in [0.2, 0.25) is 0 Å². The van der Waals surface area contributed by atoms with Crippen LogP contribution in [0.1, 0.15) is 31.1 Å². The molecule has 6 heteroatoms. The highest BCUT2D eigenvalue weighted by atomic mass is 32.2. The summed E-state index contributed by atoms with van der Waals surface area (Å²) in [5, 5.41) is 8.87. The van der Waals surface area contributed by atoms with Crippen molar-refractivity contribution < 1.29 is 23.1 Å². The minimum absolute atomic E-state index is 0.0122. The van der Waals surface area contributed by atoms with E-state index < -0.39 is 15.8 Å². The van der Waals surface area contributed by atoms with Gasteiger partial charge in [0.2, 0.25) is 0 Å². The third-order valence-electron chi connectivity index (χ3n) is 3.11. The number of rotatable bonds is 7. The van der Waals surface area contributed by atoms with Crippen molar-refractivity contribution in [3.05, 3.63) is 29.8 Å². The number of aromatic carboxylic acids is 1. The highest BCUT2D eigenvalue weighted by Crippen LogP contribution is 2.14. The summed E-state index contributed by atoms with van der Waals surface area (Å²) in [6, 6.07) is 5.35. The van der Waals surface area contributed by atoms with Gasteiger partial charge in [-0.05, 0) is 31.0 Å². The highest BCUT2D eigenvalue weighted by Gasteiger charge is 2.17. The molecule has 0 radical (unpaired) electrons. The molecule has 1 aromatic carbocycles. The fraction of sp³-hybridized carbons (Fsp3) is 0.500. The third kappa shape index (κ3) is 4.61. The van der Waals surface area contributed by atoms with Gasteiger partial charge in [-0.15, -0.1) is 0 Å². The number of ether oxygens (including phenoxy) is 1. The predicted octanol–water partition coefficient (Wildman–Crippen LogP) is 2.22. The summed E-state index contributed by atoms with van der Waals surface area (Å²) in [7, 11) is -3.53. The molecule has 0 aromatic heterocycles. The first-order chi connectivity index (χ1) is 9.24. The molecule has 1 aromatic rings. The van der Waals surface area contributed by atoms with Gasteiger partial charge in [0.05, 0.1) is 28.9 Å². The van der Waals surface area contributed by atoms with Gasteiger partial charge in [0, 0.05) is 0 Å². The van der Waals surface area contributed by atoms with Gasteiger partial charge in [-0.1, -0.05) is 19.9 Å². The summed E-state index contributed by atoms with van der Waals surface area (Å²) in [6.07, 6.45) is -0.0180. The van der Waals surface area contributed by atoms with Gasteiger partial charge in [-0.3, -0.25) is 0 Å². The van der Waals surface area contributed by atoms with Gasteiger partial charge in [-0.25, -0.2) is 13.2 Å². The van der Waals surface area contributed by atoms with E-state index in [1.54, 1.807) is 0 Å². The zero-order valence-electron chi connectivity index (χ0n) is 11.9. The van der Waals surface area contributed by atoms with Crippen LogP contribution in [0.25, 0.3) is 0 Å². The number of hydrogen-bond donors (Lipinski definition) is 1. The Kier molecular flexibility index (Phi) is 5.71. The fourth-order valence-corrected chi connectivity index (χ4v) is 2.62. The lowest BCUT2D eigenvalue weighted by Gasteiger charge is -2.16. The first-order valence-electron chi connectivity index (χ1n) is 6.41. The Morgan fingerprint density at radius 2 is 1.95 bits per heavy atom. The molecule has 1 rings (SSSR count). The molecule has 0 aliphatic rings. The summed E-state index contributed by atoms with van der Waals surface area (Å²) in [6.45, 7) is 5.98. The van der Waals surface area contributed by atoms with Crippen molar-refractivity contribution in [3.8, 4) is 0 Å². The second kappa shape index (κ2) is 6.85. The molecular formula is C14H20O5S. The molecule has 0 bridgehead atoms. The normalized spacial score (nSPS) is 13.4. The maximum Gasteiger partial charge on any atom is 0.335 e. The molecular weight excluding hydrogens is 280 g/mol. The molecule has 20 heavy (non-hydrogen) atoms. The molecule has 0 saturated heterocycles. The number of benzene rings is 1. The first kappa shape index (κ1) is 16.7. The molecule has 1 unspecified atom stereocenters. The molecule has 0 heterocycles. The Labute approximate surface area is 119 Å². The zero-order valence-corrected chi connectivity index (χ0v) is 12.7. The Morgan fingerprint density at radius 3 is 2.50 bits per heavy atom. The van der Waals surface area contributed by atoms with Gasteiger partial charge in [-0.2, -0.15) is 0 Å². The minimum Gasteiger partial charge on any atom is -0.478 e. The van der Waals surface area contributed by atoms with Gasteiger partial charge >= 0.3 is 5.97 Å². The smallest absolute Gasteiger partial charge is 0.335 e. The van der Waals surface area contributed by atoms with Crippen LogP contribution in [0.5, 0.6) is 0 Å². The molecule has 0 amide bonds. The maximum absolute atomic E-state index is 12.1. The first-order valence-corrected chi connectivity index (χ1v) is 8.07. The molecule has 112 valence electrons. The second-order valence-electron chi connectivity index (χ2n) is 4.97. The molecule has 0 aliphatic heterocycles. The lowest BCUT2D eigenvalue weighted by molar-refractivity contribution is 0.0455. The van der Waals surface area contributed by atoms with E-state index in [0.717, 1.165) is 0 Å². The van der Waals surface area contributed by atoms with E-state index in [0.29, 0.717) is 5.92 Å². The van der Waals surface area contributed by atoms with Crippen molar-refractivity contribution >= 4 is 15.8 Å². The van der Waals surface area contributed by atoms with E-state index in [9.17, 15) is 13.2 Å². The monoisotopic (exact) mass is 300 g/mol. The van der Waals surface area contributed by atoms with Gasteiger partial charge in [0.15, 0.2) is 9.84 Å². The van der Waals surface area contributed by atoms with Crippen molar-refractivity contribution in [2.24, 2.45) is 5.92 Å². The molecule has 1 atom stereocenters. The van der Waals surface area contributed by atoms with Gasteiger partial charge in [0.1, 0.15) is 0 Å². The van der Waals surface area contributed by atoms with Gasteiger partial charge in [0.25, 0.3) is 0 Å². The summed E-state index contributed by atoms with van der Waals surface area (Å²) < 4.78 is 29.6. The van der Waals surface area contributed by atoms with Crippen LogP contribution in [-0.2, 0) is 14.6 Å². The van der Waals surface area contributed by atoms with Gasteiger partial charge < -0.3 is 9.84 Å². The standard InChI is InChI=1S/C14H20O5S/c1-10(2)11(3)19-7-8-20(17,18)13-6-4-5-12(9-13)14(15)16/h4-6,9-11H,7-8H2,1-3H3,(H,15,16). The van der Waals surface area contributed by atoms with E-state index in [1.807, 2.05) is 20.8 Å². The average molecular weight is 300 g/mol. The van der Waals surface area contributed by atoms with Crippen LogP contribution in [-0.4, -0.2) is 38.0 Å². The minimum atomic E-state index is -3.53. The van der Waals surface area contributed by atoms with E-state index in [-0.39, 0.29) is 28.9 Å². The van der Waals surface area contributed by atoms with Crippen LogP contribution in [0.3, 0.4) is 0 Å². The van der Waals surface area contributed by atoms with Crippen molar-refractivity contribution in [2.75, 3.05) is 12.4 Å². The summed E-state index contributed by atoms with van der Waals surface area (Å²) in [5.74, 6) is -0.993. The quantitative estimate of drug-likeness (QED) is 0.835. The predicted molar refractivity (Wildman–Crippen MR) is 75.7 cm³/mol. The molecule has 0 aliphatic carbocycles. The topological polar surface area (TPSA) is 80.7 Å². The second-order valence-corrected chi connectivity index (χ2v) is 7.08. The lowest BCUT2D eigenvalue weighted by Crippen LogP contribution is -2.20.